The summed E-state index contributed by atoms with van der Waals surface area (Å²) in [5.74, 6) is 0. The Kier molecular flexibility index (Phi) is 5.08. The minimum Gasteiger partial charge on any atom is -0.370 e. The molecule has 0 aliphatic carbocycles. The number of hydrogen-bond donors (Lipinski definition) is 1. The van der Waals surface area contributed by atoms with Crippen molar-refractivity contribution < 1.29 is 0 Å². The maximum atomic E-state index is 6.06. The van der Waals surface area contributed by atoms with Crippen LogP contribution in [0, 0.1) is 0 Å². The second kappa shape index (κ2) is 6.61. The highest BCUT2D eigenvalue weighted by Gasteiger charge is 2.11. The maximum absolute atomic E-state index is 6.06. The summed E-state index contributed by atoms with van der Waals surface area (Å²) in [7, 11) is 2.07. The molecular formula is C16H18BrClN2. The molecule has 2 N–H and O–H groups in total. The molecule has 2 nitrogen and oxygen atoms in total. The molecule has 106 valence electrons. The summed E-state index contributed by atoms with van der Waals surface area (Å²) in [6, 6.07) is 14.1. The van der Waals surface area contributed by atoms with E-state index in [0.29, 0.717) is 0 Å². The molecule has 0 aliphatic heterocycles. The Bertz CT molecular complexity index is 582. The number of nitrogens with two attached hydrogens (primary N) is 1. The van der Waals surface area contributed by atoms with Gasteiger partial charge >= 0.3 is 0 Å². The van der Waals surface area contributed by atoms with E-state index in [1.165, 1.54) is 5.56 Å². The van der Waals surface area contributed by atoms with E-state index in [2.05, 4.69) is 40.0 Å². The normalized spacial score (nSPS) is 12.2. The summed E-state index contributed by atoms with van der Waals surface area (Å²) in [5.41, 5.74) is 9.56. The first-order chi connectivity index (χ1) is 9.47. The summed E-state index contributed by atoms with van der Waals surface area (Å²) in [4.78, 5) is 2.20. The fourth-order valence-corrected chi connectivity index (χ4v) is 2.66. The van der Waals surface area contributed by atoms with Crippen LogP contribution >= 0.6 is 27.5 Å². The number of halogens is 2. The van der Waals surface area contributed by atoms with Gasteiger partial charge in [0, 0.05) is 34.8 Å². The van der Waals surface area contributed by atoms with E-state index in [-0.39, 0.29) is 6.04 Å². The van der Waals surface area contributed by atoms with Crippen molar-refractivity contribution in [3.63, 3.8) is 0 Å². The van der Waals surface area contributed by atoms with Crippen molar-refractivity contribution in [2.24, 2.45) is 5.73 Å². The highest BCUT2D eigenvalue weighted by Crippen LogP contribution is 2.29. The minimum atomic E-state index is 0.00534. The van der Waals surface area contributed by atoms with E-state index < -0.39 is 0 Å². The first kappa shape index (κ1) is 15.4. The smallest absolute Gasteiger partial charge is 0.0426 e. The quantitative estimate of drug-likeness (QED) is 0.858. The molecule has 20 heavy (non-hydrogen) atoms. The summed E-state index contributed by atoms with van der Waals surface area (Å²) in [6.07, 6.45) is 0. The van der Waals surface area contributed by atoms with Gasteiger partial charge in [-0.05, 0) is 42.3 Å². The highest BCUT2D eigenvalue weighted by atomic mass is 79.9. The third-order valence-corrected chi connectivity index (χ3v) is 3.97. The van der Waals surface area contributed by atoms with Gasteiger partial charge in [0.15, 0.2) is 0 Å². The molecule has 0 radical (unpaired) electrons. The fourth-order valence-electron chi connectivity index (χ4n) is 2.18. The number of benzene rings is 2. The molecule has 2 aromatic carbocycles. The predicted octanol–water partition coefficient (Wildman–Crippen LogP) is 4.76. The van der Waals surface area contributed by atoms with Crippen molar-refractivity contribution in [3.05, 3.63) is 63.1 Å². The van der Waals surface area contributed by atoms with E-state index in [9.17, 15) is 0 Å². The Morgan fingerprint density at radius 3 is 2.45 bits per heavy atom. The molecule has 4 heteroatoms. The lowest BCUT2D eigenvalue weighted by Gasteiger charge is -2.24. The van der Waals surface area contributed by atoms with Gasteiger partial charge in [-0.3, -0.25) is 0 Å². The summed E-state index contributed by atoms with van der Waals surface area (Å²) in [6.45, 7) is 2.82. The maximum Gasteiger partial charge on any atom is 0.0426 e. The van der Waals surface area contributed by atoms with Gasteiger partial charge in [-0.15, -0.1) is 0 Å². The largest absolute Gasteiger partial charge is 0.370 e. The third-order valence-electron chi connectivity index (χ3n) is 3.23. The molecule has 0 bridgehead atoms. The molecule has 2 rings (SSSR count). The first-order valence-corrected chi connectivity index (χ1v) is 7.65. The standard InChI is InChI=1S/C16H18BrClN2/c1-11(19)15-8-5-13(17)9-16(15)20(2)10-12-3-6-14(18)7-4-12/h3-9,11H,10,19H2,1-2H3. The SMILES string of the molecule is CC(N)c1ccc(Br)cc1N(C)Cc1ccc(Cl)cc1. The van der Waals surface area contributed by atoms with Crippen molar-refractivity contribution in [1.29, 1.82) is 0 Å². The van der Waals surface area contributed by atoms with Gasteiger partial charge in [-0.1, -0.05) is 45.7 Å². The number of anilines is 1. The van der Waals surface area contributed by atoms with Gasteiger partial charge in [-0.25, -0.2) is 0 Å². The van der Waals surface area contributed by atoms with Crippen LogP contribution in [0.15, 0.2) is 46.9 Å². The molecule has 2 aromatic rings. The zero-order valence-electron chi connectivity index (χ0n) is 11.6. The molecule has 0 saturated carbocycles. The molecule has 0 spiro atoms. The van der Waals surface area contributed by atoms with Crippen LogP contribution < -0.4 is 10.6 Å². The second-order valence-corrected chi connectivity index (χ2v) is 6.33. The van der Waals surface area contributed by atoms with Crippen molar-refractivity contribution in [2.75, 3.05) is 11.9 Å². The molecule has 1 atom stereocenters. The molecular weight excluding hydrogens is 336 g/mol. The van der Waals surface area contributed by atoms with E-state index in [4.69, 9.17) is 17.3 Å². The lowest BCUT2D eigenvalue weighted by atomic mass is 10.1. The highest BCUT2D eigenvalue weighted by molar-refractivity contribution is 9.10. The fraction of sp³-hybridized carbons (Fsp3) is 0.250. The second-order valence-electron chi connectivity index (χ2n) is 4.97. The molecule has 0 aliphatic rings. The Labute approximate surface area is 133 Å². The van der Waals surface area contributed by atoms with Crippen LogP contribution in [-0.4, -0.2) is 7.05 Å². The topological polar surface area (TPSA) is 29.3 Å². The molecule has 0 aromatic heterocycles. The summed E-state index contributed by atoms with van der Waals surface area (Å²) < 4.78 is 1.06. The van der Waals surface area contributed by atoms with Crippen LogP contribution in [0.3, 0.4) is 0 Å². The lowest BCUT2D eigenvalue weighted by molar-refractivity contribution is 0.801. The zero-order chi connectivity index (χ0) is 14.7. The molecule has 1 unspecified atom stereocenters. The molecule has 0 saturated heterocycles. The van der Waals surface area contributed by atoms with Gasteiger partial charge in [0.05, 0.1) is 0 Å². The van der Waals surface area contributed by atoms with Crippen LogP contribution in [0.2, 0.25) is 5.02 Å². The van der Waals surface area contributed by atoms with Gasteiger partial charge in [-0.2, -0.15) is 0 Å². The average molecular weight is 354 g/mol. The van der Waals surface area contributed by atoms with Crippen molar-refractivity contribution >= 4 is 33.2 Å². The van der Waals surface area contributed by atoms with Crippen LogP contribution in [0.1, 0.15) is 24.1 Å². The summed E-state index contributed by atoms with van der Waals surface area (Å²) in [5, 5.41) is 0.759. The first-order valence-electron chi connectivity index (χ1n) is 6.48. The van der Waals surface area contributed by atoms with Crippen molar-refractivity contribution in [1.82, 2.24) is 0 Å². The minimum absolute atomic E-state index is 0.00534. The monoisotopic (exact) mass is 352 g/mol. The van der Waals surface area contributed by atoms with Gasteiger partial charge in [0.1, 0.15) is 0 Å². The zero-order valence-corrected chi connectivity index (χ0v) is 13.9. The van der Waals surface area contributed by atoms with E-state index in [1.54, 1.807) is 0 Å². The van der Waals surface area contributed by atoms with Crippen molar-refractivity contribution in [2.45, 2.75) is 19.5 Å². The Hall–Kier alpha value is -1.03. The Balaban J connectivity index is 2.26. The van der Waals surface area contributed by atoms with Gasteiger partial charge in [0.25, 0.3) is 0 Å². The Morgan fingerprint density at radius 2 is 1.85 bits per heavy atom. The molecule has 0 amide bonds. The van der Waals surface area contributed by atoms with E-state index >= 15 is 0 Å². The summed E-state index contributed by atoms with van der Waals surface area (Å²) >= 11 is 9.44. The number of hydrogen-bond acceptors (Lipinski definition) is 2. The Morgan fingerprint density at radius 1 is 1.20 bits per heavy atom. The van der Waals surface area contributed by atoms with Crippen molar-refractivity contribution in [3.8, 4) is 0 Å². The van der Waals surface area contributed by atoms with Gasteiger partial charge < -0.3 is 10.6 Å². The molecule has 0 heterocycles. The van der Waals surface area contributed by atoms with E-state index in [1.807, 2.05) is 37.3 Å². The average Bonchev–Trinajstić information content (AvgIpc) is 2.41. The van der Waals surface area contributed by atoms with Crippen LogP contribution in [0.25, 0.3) is 0 Å². The third kappa shape index (κ3) is 3.75. The van der Waals surface area contributed by atoms with Crippen LogP contribution in [-0.2, 0) is 6.54 Å². The lowest BCUT2D eigenvalue weighted by Crippen LogP contribution is -2.20. The number of nitrogens with zero attached hydrogens (tertiary/aromatic N) is 1. The van der Waals surface area contributed by atoms with Crippen LogP contribution in [0.4, 0.5) is 5.69 Å². The number of rotatable bonds is 4. The molecule has 0 fully saturated rings. The predicted molar refractivity (Wildman–Crippen MR) is 90.3 cm³/mol. The van der Waals surface area contributed by atoms with Gasteiger partial charge in [0.2, 0.25) is 0 Å². The van der Waals surface area contributed by atoms with Crippen LogP contribution in [0.5, 0.6) is 0 Å². The van der Waals surface area contributed by atoms with E-state index in [0.717, 1.165) is 27.3 Å².